The first-order valence-corrected chi connectivity index (χ1v) is 8.02. The van der Waals surface area contributed by atoms with Gasteiger partial charge in [-0.2, -0.15) is 0 Å². The predicted octanol–water partition coefficient (Wildman–Crippen LogP) is 3.34. The lowest BCUT2D eigenvalue weighted by Gasteiger charge is -2.37. The van der Waals surface area contributed by atoms with Gasteiger partial charge in [0.2, 0.25) is 0 Å². The van der Waals surface area contributed by atoms with E-state index in [0.29, 0.717) is 5.69 Å². The van der Waals surface area contributed by atoms with Gasteiger partial charge in [0.25, 0.3) is 0 Å². The zero-order chi connectivity index (χ0) is 14.8. The Morgan fingerprint density at radius 3 is 2.14 bits per heavy atom. The summed E-state index contributed by atoms with van der Waals surface area (Å²) < 4.78 is 15.0. The third-order valence-electron chi connectivity index (χ3n) is 3.79. The molecule has 0 spiro atoms. The normalized spacial score (nSPS) is 15.3. The summed E-state index contributed by atoms with van der Waals surface area (Å²) in [6, 6.07) is 13.0. The Labute approximate surface area is 137 Å². The van der Waals surface area contributed by atoms with E-state index in [1.807, 2.05) is 24.3 Å². The van der Waals surface area contributed by atoms with E-state index in [9.17, 15) is 4.39 Å². The van der Waals surface area contributed by atoms with E-state index in [4.69, 9.17) is 5.73 Å². The fraction of sp³-hybridized carbons (Fsp3) is 0.250. The van der Waals surface area contributed by atoms with Crippen LogP contribution in [0.4, 0.5) is 21.5 Å². The Kier molecular flexibility index (Phi) is 4.19. The molecule has 1 saturated heterocycles. The Morgan fingerprint density at radius 2 is 1.52 bits per heavy atom. The second kappa shape index (κ2) is 6.09. The fourth-order valence-electron chi connectivity index (χ4n) is 2.68. The second-order valence-corrected chi connectivity index (χ2v) is 6.30. The molecule has 3 nitrogen and oxygen atoms in total. The average molecular weight is 397 g/mol. The van der Waals surface area contributed by atoms with Crippen molar-refractivity contribution >= 4 is 39.7 Å². The summed E-state index contributed by atoms with van der Waals surface area (Å²) in [6.07, 6.45) is 0. The van der Waals surface area contributed by atoms with Gasteiger partial charge >= 0.3 is 0 Å². The molecule has 0 radical (unpaired) electrons. The minimum atomic E-state index is -0.145. The van der Waals surface area contributed by atoms with Crippen LogP contribution in [0.1, 0.15) is 0 Å². The van der Waals surface area contributed by atoms with Crippen LogP contribution in [0.15, 0.2) is 42.5 Å². The molecule has 0 unspecified atom stereocenters. The topological polar surface area (TPSA) is 32.5 Å². The number of halogens is 2. The van der Waals surface area contributed by atoms with Crippen molar-refractivity contribution in [3.8, 4) is 0 Å². The van der Waals surface area contributed by atoms with Crippen molar-refractivity contribution in [3.63, 3.8) is 0 Å². The summed E-state index contributed by atoms with van der Waals surface area (Å²) in [4.78, 5) is 4.44. The number of nitrogens with two attached hydrogens (primary N) is 1. The number of nitrogens with zero attached hydrogens (tertiary/aromatic N) is 2. The van der Waals surface area contributed by atoms with Crippen LogP contribution in [-0.4, -0.2) is 26.2 Å². The van der Waals surface area contributed by atoms with Crippen LogP contribution in [0.5, 0.6) is 0 Å². The highest BCUT2D eigenvalue weighted by Gasteiger charge is 2.20. The maximum Gasteiger partial charge on any atom is 0.146 e. The molecular weight excluding hydrogens is 380 g/mol. The van der Waals surface area contributed by atoms with Gasteiger partial charge in [0.05, 0.1) is 11.4 Å². The molecule has 1 aliphatic rings. The number of hydrogen-bond donors (Lipinski definition) is 1. The number of nitrogen functional groups attached to an aromatic ring is 1. The summed E-state index contributed by atoms with van der Waals surface area (Å²) in [5, 5.41) is 0. The van der Waals surface area contributed by atoms with Crippen molar-refractivity contribution in [1.29, 1.82) is 0 Å². The fourth-order valence-corrected chi connectivity index (χ4v) is 3.56. The van der Waals surface area contributed by atoms with Crippen LogP contribution < -0.4 is 15.5 Å². The van der Waals surface area contributed by atoms with Crippen molar-refractivity contribution < 1.29 is 4.39 Å². The smallest absolute Gasteiger partial charge is 0.146 e. The summed E-state index contributed by atoms with van der Waals surface area (Å²) in [5.74, 6) is -0.145. The molecule has 21 heavy (non-hydrogen) atoms. The average Bonchev–Trinajstić information content (AvgIpc) is 2.48. The van der Waals surface area contributed by atoms with Gasteiger partial charge < -0.3 is 15.5 Å². The van der Waals surface area contributed by atoms with Crippen molar-refractivity contribution in [2.75, 3.05) is 41.7 Å². The number of benzene rings is 2. The van der Waals surface area contributed by atoms with Crippen LogP contribution in [0.3, 0.4) is 0 Å². The molecule has 0 aromatic heterocycles. The molecule has 0 aliphatic carbocycles. The van der Waals surface area contributed by atoms with Crippen LogP contribution in [0, 0.1) is 9.39 Å². The van der Waals surface area contributed by atoms with Crippen LogP contribution in [-0.2, 0) is 0 Å². The van der Waals surface area contributed by atoms with Gasteiger partial charge in [0.15, 0.2) is 0 Å². The molecule has 0 saturated carbocycles. The molecule has 1 aliphatic heterocycles. The maximum absolute atomic E-state index is 13.8. The maximum atomic E-state index is 13.8. The Hall–Kier alpha value is -1.50. The van der Waals surface area contributed by atoms with Gasteiger partial charge in [0.1, 0.15) is 5.82 Å². The number of anilines is 3. The molecule has 1 fully saturated rings. The summed E-state index contributed by atoms with van der Waals surface area (Å²) >= 11 is 2.32. The summed E-state index contributed by atoms with van der Waals surface area (Å²) in [7, 11) is 0. The number of piperazine rings is 1. The zero-order valence-corrected chi connectivity index (χ0v) is 13.8. The van der Waals surface area contributed by atoms with E-state index < -0.39 is 0 Å². The lowest BCUT2D eigenvalue weighted by molar-refractivity contribution is 0.597. The van der Waals surface area contributed by atoms with Crippen molar-refractivity contribution in [2.45, 2.75) is 0 Å². The molecule has 2 aromatic rings. The Morgan fingerprint density at radius 1 is 0.905 bits per heavy atom. The third kappa shape index (κ3) is 3.07. The molecule has 1 heterocycles. The molecule has 3 rings (SSSR count). The van der Waals surface area contributed by atoms with Gasteiger partial charge in [-0.25, -0.2) is 4.39 Å². The number of hydrogen-bond acceptors (Lipinski definition) is 3. The van der Waals surface area contributed by atoms with Crippen molar-refractivity contribution in [2.24, 2.45) is 0 Å². The highest BCUT2D eigenvalue weighted by molar-refractivity contribution is 14.1. The first kappa shape index (κ1) is 14.4. The third-order valence-corrected chi connectivity index (χ3v) is 4.65. The van der Waals surface area contributed by atoms with Crippen LogP contribution in [0.25, 0.3) is 0 Å². The van der Waals surface area contributed by atoms with E-state index in [1.165, 1.54) is 11.8 Å². The molecule has 0 atom stereocenters. The van der Waals surface area contributed by atoms with Crippen molar-refractivity contribution in [1.82, 2.24) is 0 Å². The molecule has 110 valence electrons. The molecule has 2 N–H and O–H groups in total. The van der Waals surface area contributed by atoms with Gasteiger partial charge in [-0.3, -0.25) is 0 Å². The first-order valence-electron chi connectivity index (χ1n) is 6.94. The quantitative estimate of drug-likeness (QED) is 0.624. The van der Waals surface area contributed by atoms with Crippen LogP contribution in [0.2, 0.25) is 0 Å². The molecule has 0 amide bonds. The van der Waals surface area contributed by atoms with Gasteiger partial charge in [-0.1, -0.05) is 12.1 Å². The largest absolute Gasteiger partial charge is 0.399 e. The minimum Gasteiger partial charge on any atom is -0.399 e. The standard InChI is InChI=1S/C16H17FIN3/c17-13-3-1-2-4-15(13)20-7-9-21(10-8-20)16-6-5-12(19)11-14(16)18/h1-6,11H,7-10,19H2. The minimum absolute atomic E-state index is 0.145. The first-order chi connectivity index (χ1) is 10.1. The molecular formula is C16H17FIN3. The van der Waals surface area contributed by atoms with E-state index in [1.54, 1.807) is 6.07 Å². The highest BCUT2D eigenvalue weighted by atomic mass is 127. The SMILES string of the molecule is Nc1ccc(N2CCN(c3ccccc3F)CC2)c(I)c1. The number of rotatable bonds is 2. The highest BCUT2D eigenvalue weighted by Crippen LogP contribution is 2.27. The molecule has 2 aromatic carbocycles. The van der Waals surface area contributed by atoms with E-state index in [-0.39, 0.29) is 5.82 Å². The van der Waals surface area contributed by atoms with E-state index >= 15 is 0 Å². The lowest BCUT2D eigenvalue weighted by Crippen LogP contribution is -2.47. The summed E-state index contributed by atoms with van der Waals surface area (Å²) in [5.41, 5.74) is 8.49. The summed E-state index contributed by atoms with van der Waals surface area (Å²) in [6.45, 7) is 3.41. The molecule has 0 bridgehead atoms. The van der Waals surface area contributed by atoms with Gasteiger partial charge in [-0.05, 0) is 52.9 Å². The van der Waals surface area contributed by atoms with E-state index in [2.05, 4.69) is 38.5 Å². The monoisotopic (exact) mass is 397 g/mol. The number of para-hydroxylation sites is 1. The van der Waals surface area contributed by atoms with Crippen LogP contribution >= 0.6 is 22.6 Å². The lowest BCUT2D eigenvalue weighted by atomic mass is 10.2. The van der Waals surface area contributed by atoms with Gasteiger partial charge in [-0.15, -0.1) is 0 Å². The second-order valence-electron chi connectivity index (χ2n) is 5.14. The van der Waals surface area contributed by atoms with E-state index in [0.717, 1.165) is 35.4 Å². The Bertz CT molecular complexity index is 639. The van der Waals surface area contributed by atoms with Gasteiger partial charge in [0, 0.05) is 35.4 Å². The zero-order valence-electron chi connectivity index (χ0n) is 11.6. The van der Waals surface area contributed by atoms with Crippen molar-refractivity contribution in [3.05, 3.63) is 51.9 Å². The Balaban J connectivity index is 1.72. The predicted molar refractivity (Wildman–Crippen MR) is 94.4 cm³/mol. The molecule has 5 heteroatoms.